The van der Waals surface area contributed by atoms with Crippen molar-refractivity contribution in [2.45, 2.75) is 18.2 Å². The standard InChI is InChI=1S/C21H23N5O4/c1-27-14-8-11(9-15(28-2)19(14)29-3)16-12(10-22)20(23)30-21-17(16)18(25-26-21)13-6-4-5-7-24-13/h4-9,16-18,21,25-26H,23H2,1-3H3. The van der Waals surface area contributed by atoms with Crippen molar-refractivity contribution in [1.29, 1.82) is 5.26 Å². The minimum atomic E-state index is -0.446. The molecule has 0 amide bonds. The Balaban J connectivity index is 1.88. The molecule has 4 rings (SSSR count). The summed E-state index contributed by atoms with van der Waals surface area (Å²) in [7, 11) is 4.66. The molecule has 1 aromatic heterocycles. The topological polar surface area (TPSA) is 124 Å². The van der Waals surface area contributed by atoms with E-state index in [9.17, 15) is 5.26 Å². The molecule has 1 saturated heterocycles. The smallest absolute Gasteiger partial charge is 0.203 e. The number of nitriles is 1. The second kappa shape index (κ2) is 8.10. The van der Waals surface area contributed by atoms with Gasteiger partial charge in [0.1, 0.15) is 6.07 Å². The van der Waals surface area contributed by atoms with Crippen LogP contribution in [0.3, 0.4) is 0 Å². The molecule has 9 nitrogen and oxygen atoms in total. The van der Waals surface area contributed by atoms with E-state index in [1.165, 1.54) is 0 Å². The third kappa shape index (κ3) is 3.16. The van der Waals surface area contributed by atoms with Crippen LogP contribution < -0.4 is 30.8 Å². The third-order valence-electron chi connectivity index (χ3n) is 5.50. The molecule has 0 aliphatic carbocycles. The molecule has 2 aliphatic rings. The molecule has 1 aromatic carbocycles. The van der Waals surface area contributed by atoms with E-state index in [0.29, 0.717) is 22.8 Å². The van der Waals surface area contributed by atoms with Gasteiger partial charge in [-0.25, -0.2) is 10.9 Å². The molecular formula is C21H23N5O4. The van der Waals surface area contributed by atoms with E-state index >= 15 is 0 Å². The Labute approximate surface area is 174 Å². The number of hydrazine groups is 1. The summed E-state index contributed by atoms with van der Waals surface area (Å²) in [6.45, 7) is 0. The summed E-state index contributed by atoms with van der Waals surface area (Å²) < 4.78 is 22.3. The number of fused-ring (bicyclic) bond motifs is 1. The fraction of sp³-hybridized carbons (Fsp3) is 0.333. The van der Waals surface area contributed by atoms with E-state index in [0.717, 1.165) is 11.3 Å². The highest BCUT2D eigenvalue weighted by Crippen LogP contribution is 2.50. The lowest BCUT2D eigenvalue weighted by atomic mass is 9.74. The molecule has 0 spiro atoms. The van der Waals surface area contributed by atoms with Gasteiger partial charge in [-0.1, -0.05) is 6.07 Å². The molecule has 1 fully saturated rings. The molecule has 2 aromatic rings. The molecule has 4 atom stereocenters. The van der Waals surface area contributed by atoms with Gasteiger partial charge in [-0.15, -0.1) is 0 Å². The van der Waals surface area contributed by atoms with Crippen LogP contribution in [0.1, 0.15) is 23.2 Å². The number of aromatic nitrogens is 1. The minimum Gasteiger partial charge on any atom is -0.493 e. The Morgan fingerprint density at radius 1 is 1.10 bits per heavy atom. The normalized spacial score (nSPS) is 25.1. The van der Waals surface area contributed by atoms with Crippen molar-refractivity contribution >= 4 is 0 Å². The average molecular weight is 409 g/mol. The molecule has 4 N–H and O–H groups in total. The van der Waals surface area contributed by atoms with Gasteiger partial charge in [-0.2, -0.15) is 5.26 Å². The maximum absolute atomic E-state index is 9.91. The van der Waals surface area contributed by atoms with Crippen LogP contribution in [0.25, 0.3) is 0 Å². The van der Waals surface area contributed by atoms with Gasteiger partial charge < -0.3 is 24.7 Å². The van der Waals surface area contributed by atoms with Crippen LogP contribution in [0.4, 0.5) is 0 Å². The Kier molecular flexibility index (Phi) is 5.35. The molecule has 0 saturated carbocycles. The minimum absolute atomic E-state index is 0.0912. The number of rotatable bonds is 5. The highest BCUT2D eigenvalue weighted by atomic mass is 16.5. The van der Waals surface area contributed by atoms with Crippen molar-refractivity contribution in [2.75, 3.05) is 21.3 Å². The Bertz CT molecular complexity index is 979. The van der Waals surface area contributed by atoms with E-state index in [-0.39, 0.29) is 17.8 Å². The first-order chi connectivity index (χ1) is 14.6. The van der Waals surface area contributed by atoms with Crippen LogP contribution in [0.15, 0.2) is 48.0 Å². The highest BCUT2D eigenvalue weighted by Gasteiger charge is 2.50. The number of nitrogens with one attached hydrogen (secondary N) is 2. The van der Waals surface area contributed by atoms with Crippen LogP contribution in [0.5, 0.6) is 17.2 Å². The summed E-state index contributed by atoms with van der Waals surface area (Å²) in [5.41, 5.74) is 14.5. The van der Waals surface area contributed by atoms with Crippen molar-refractivity contribution in [3.63, 3.8) is 0 Å². The first-order valence-corrected chi connectivity index (χ1v) is 9.41. The number of hydrogen-bond donors (Lipinski definition) is 3. The SMILES string of the molecule is COc1cc(C2C(C#N)=C(N)OC3NNC(c4ccccn4)C32)cc(OC)c1OC. The number of nitrogens with two attached hydrogens (primary N) is 1. The van der Waals surface area contributed by atoms with E-state index < -0.39 is 12.1 Å². The first-order valence-electron chi connectivity index (χ1n) is 9.41. The number of nitrogens with zero attached hydrogens (tertiary/aromatic N) is 2. The summed E-state index contributed by atoms with van der Waals surface area (Å²) in [5, 5.41) is 9.91. The van der Waals surface area contributed by atoms with Crippen molar-refractivity contribution in [1.82, 2.24) is 15.8 Å². The fourth-order valence-corrected chi connectivity index (χ4v) is 4.19. The summed E-state index contributed by atoms with van der Waals surface area (Å²) in [6, 6.07) is 11.4. The van der Waals surface area contributed by atoms with Gasteiger partial charge in [0.2, 0.25) is 11.6 Å². The monoisotopic (exact) mass is 409 g/mol. The first kappa shape index (κ1) is 19.8. The van der Waals surface area contributed by atoms with E-state index in [2.05, 4.69) is 21.9 Å². The number of pyridine rings is 1. The molecular weight excluding hydrogens is 386 g/mol. The largest absolute Gasteiger partial charge is 0.493 e. The number of methoxy groups -OCH3 is 3. The number of benzene rings is 1. The van der Waals surface area contributed by atoms with Gasteiger partial charge >= 0.3 is 0 Å². The maximum atomic E-state index is 9.91. The zero-order valence-corrected chi connectivity index (χ0v) is 16.9. The van der Waals surface area contributed by atoms with Crippen LogP contribution in [-0.4, -0.2) is 32.5 Å². The van der Waals surface area contributed by atoms with E-state index in [1.54, 1.807) is 27.5 Å². The lowest BCUT2D eigenvalue weighted by Crippen LogP contribution is -2.41. The van der Waals surface area contributed by atoms with Crippen molar-refractivity contribution in [3.8, 4) is 23.3 Å². The third-order valence-corrected chi connectivity index (χ3v) is 5.50. The molecule has 0 radical (unpaired) electrons. The Hall–Kier alpha value is -3.48. The predicted molar refractivity (Wildman–Crippen MR) is 107 cm³/mol. The molecule has 30 heavy (non-hydrogen) atoms. The summed E-state index contributed by atoms with van der Waals surface area (Å²) in [5.74, 6) is 0.972. The quantitative estimate of drug-likeness (QED) is 0.677. The molecule has 9 heteroatoms. The Morgan fingerprint density at radius 3 is 2.40 bits per heavy atom. The van der Waals surface area contributed by atoms with Gasteiger partial charge in [0.15, 0.2) is 17.7 Å². The lowest BCUT2D eigenvalue weighted by molar-refractivity contribution is 0.0338. The fourth-order valence-electron chi connectivity index (χ4n) is 4.19. The molecule has 3 heterocycles. The van der Waals surface area contributed by atoms with Gasteiger partial charge in [0.25, 0.3) is 0 Å². The van der Waals surface area contributed by atoms with Crippen molar-refractivity contribution < 1.29 is 18.9 Å². The molecule has 4 unspecified atom stereocenters. The van der Waals surface area contributed by atoms with Crippen LogP contribution in [0, 0.1) is 17.2 Å². The van der Waals surface area contributed by atoms with Gasteiger partial charge in [-0.3, -0.25) is 4.98 Å². The summed E-state index contributed by atoms with van der Waals surface area (Å²) >= 11 is 0. The zero-order chi connectivity index (χ0) is 21.3. The number of hydrogen-bond acceptors (Lipinski definition) is 9. The van der Waals surface area contributed by atoms with Crippen molar-refractivity contribution in [2.24, 2.45) is 11.7 Å². The number of ether oxygens (including phenoxy) is 4. The highest BCUT2D eigenvalue weighted by molar-refractivity contribution is 5.57. The number of allylic oxidation sites excluding steroid dienone is 1. The van der Waals surface area contributed by atoms with Gasteiger partial charge in [-0.05, 0) is 29.8 Å². The van der Waals surface area contributed by atoms with Crippen molar-refractivity contribution in [3.05, 3.63) is 59.2 Å². The second-order valence-electron chi connectivity index (χ2n) is 6.96. The Morgan fingerprint density at radius 2 is 1.83 bits per heavy atom. The van der Waals surface area contributed by atoms with E-state index in [4.69, 9.17) is 24.7 Å². The zero-order valence-electron chi connectivity index (χ0n) is 16.9. The summed E-state index contributed by atoms with van der Waals surface area (Å²) in [6.07, 6.45) is 1.29. The van der Waals surface area contributed by atoms with Crippen LogP contribution in [0.2, 0.25) is 0 Å². The average Bonchev–Trinajstić information content (AvgIpc) is 3.20. The van der Waals surface area contributed by atoms with Crippen LogP contribution >= 0.6 is 0 Å². The lowest BCUT2D eigenvalue weighted by Gasteiger charge is -2.36. The van der Waals surface area contributed by atoms with E-state index in [1.807, 2.05) is 30.3 Å². The summed E-state index contributed by atoms with van der Waals surface area (Å²) in [4.78, 5) is 4.49. The predicted octanol–water partition coefficient (Wildman–Crippen LogP) is 1.71. The maximum Gasteiger partial charge on any atom is 0.203 e. The van der Waals surface area contributed by atoms with Gasteiger partial charge in [0.05, 0.1) is 38.6 Å². The second-order valence-corrected chi connectivity index (χ2v) is 6.96. The molecule has 156 valence electrons. The molecule has 0 bridgehead atoms. The van der Waals surface area contributed by atoms with Crippen LogP contribution in [-0.2, 0) is 4.74 Å². The molecule has 2 aliphatic heterocycles. The van der Waals surface area contributed by atoms with Gasteiger partial charge in [0, 0.05) is 18.0 Å².